The van der Waals surface area contributed by atoms with Crippen molar-refractivity contribution < 1.29 is 4.42 Å². The van der Waals surface area contributed by atoms with Crippen LogP contribution in [0.1, 0.15) is 0 Å². The molecule has 0 saturated carbocycles. The van der Waals surface area contributed by atoms with E-state index in [-0.39, 0.29) is 0 Å². The molecule has 234 valence electrons. The Morgan fingerprint density at radius 1 is 0.320 bits per heavy atom. The molecule has 1 aromatic heterocycles. The van der Waals surface area contributed by atoms with Crippen LogP contribution in [-0.4, -0.2) is 0 Å². The van der Waals surface area contributed by atoms with Crippen LogP contribution >= 0.6 is 0 Å². The van der Waals surface area contributed by atoms with E-state index in [2.05, 4.69) is 175 Å². The maximum absolute atomic E-state index is 6.20. The third-order valence-electron chi connectivity index (χ3n) is 9.98. The Balaban J connectivity index is 1.12. The molecule has 10 aromatic rings. The van der Waals surface area contributed by atoms with Crippen molar-refractivity contribution in [1.82, 2.24) is 0 Å². The van der Waals surface area contributed by atoms with Gasteiger partial charge in [-0.05, 0) is 92.0 Å². The van der Waals surface area contributed by atoms with Gasteiger partial charge in [-0.25, -0.2) is 0 Å². The zero-order valence-electron chi connectivity index (χ0n) is 27.3. The van der Waals surface area contributed by atoms with Crippen molar-refractivity contribution in [2.24, 2.45) is 0 Å². The average Bonchev–Trinajstić information content (AvgIpc) is 3.63. The minimum atomic E-state index is 0.883. The number of furan rings is 1. The summed E-state index contributed by atoms with van der Waals surface area (Å²) in [5.74, 6) is 0.883. The zero-order valence-corrected chi connectivity index (χ0v) is 27.3. The average molecular weight is 638 g/mol. The van der Waals surface area contributed by atoms with Gasteiger partial charge in [0.15, 0.2) is 0 Å². The quantitative estimate of drug-likeness (QED) is 0.175. The summed E-state index contributed by atoms with van der Waals surface area (Å²) >= 11 is 0. The van der Waals surface area contributed by atoms with E-state index in [1.165, 1.54) is 48.7 Å². The van der Waals surface area contributed by atoms with Crippen molar-refractivity contribution in [2.75, 3.05) is 4.90 Å². The van der Waals surface area contributed by atoms with Gasteiger partial charge in [-0.2, -0.15) is 0 Å². The Bertz CT molecular complexity index is 2860. The molecule has 50 heavy (non-hydrogen) atoms. The molecule has 2 heteroatoms. The summed E-state index contributed by atoms with van der Waals surface area (Å²) in [7, 11) is 0. The summed E-state index contributed by atoms with van der Waals surface area (Å²) in [5, 5.41) is 10.9. The highest BCUT2D eigenvalue weighted by atomic mass is 16.3. The van der Waals surface area contributed by atoms with E-state index in [4.69, 9.17) is 4.42 Å². The van der Waals surface area contributed by atoms with Crippen LogP contribution in [0.25, 0.3) is 76.5 Å². The molecule has 0 aliphatic heterocycles. The number of nitrogens with zero attached hydrogens (tertiary/aromatic N) is 1. The van der Waals surface area contributed by atoms with E-state index in [0.717, 1.165) is 44.9 Å². The fraction of sp³-hybridized carbons (Fsp3) is 0. The molecule has 0 aliphatic carbocycles. The molecule has 0 spiro atoms. The molecule has 0 saturated heterocycles. The van der Waals surface area contributed by atoms with Gasteiger partial charge in [-0.15, -0.1) is 0 Å². The first kappa shape index (κ1) is 28.4. The Morgan fingerprint density at radius 2 is 0.960 bits per heavy atom. The summed E-state index contributed by atoms with van der Waals surface area (Å²) < 4.78 is 6.20. The molecule has 9 aromatic carbocycles. The van der Waals surface area contributed by atoms with Gasteiger partial charge in [0.25, 0.3) is 0 Å². The Kier molecular flexibility index (Phi) is 6.53. The van der Waals surface area contributed by atoms with Crippen molar-refractivity contribution >= 4 is 71.1 Å². The first-order chi connectivity index (χ1) is 24.8. The highest BCUT2D eigenvalue weighted by molar-refractivity contribution is 6.16. The van der Waals surface area contributed by atoms with Crippen molar-refractivity contribution in [2.45, 2.75) is 0 Å². The molecule has 2 nitrogen and oxygen atoms in total. The molecular weight excluding hydrogens is 607 g/mol. The molecule has 0 atom stereocenters. The highest BCUT2D eigenvalue weighted by Crippen LogP contribution is 2.45. The van der Waals surface area contributed by atoms with E-state index in [1.807, 2.05) is 18.2 Å². The van der Waals surface area contributed by atoms with Gasteiger partial charge in [0.1, 0.15) is 11.3 Å². The summed E-state index contributed by atoms with van der Waals surface area (Å²) in [5.41, 5.74) is 7.75. The molecule has 10 rings (SSSR count). The van der Waals surface area contributed by atoms with Crippen molar-refractivity contribution in [3.63, 3.8) is 0 Å². The molecule has 0 radical (unpaired) electrons. The minimum absolute atomic E-state index is 0.883. The molecule has 1 heterocycles. The Hall–Kier alpha value is -6.64. The third kappa shape index (κ3) is 4.73. The molecule has 0 amide bonds. The topological polar surface area (TPSA) is 16.4 Å². The normalized spacial score (nSPS) is 11.6. The highest BCUT2D eigenvalue weighted by Gasteiger charge is 2.19. The van der Waals surface area contributed by atoms with Gasteiger partial charge in [-0.3, -0.25) is 0 Å². The Morgan fingerprint density at radius 3 is 1.84 bits per heavy atom. The summed E-state index contributed by atoms with van der Waals surface area (Å²) in [6.07, 6.45) is 0. The zero-order chi connectivity index (χ0) is 33.0. The van der Waals surface area contributed by atoms with E-state index in [1.54, 1.807) is 0 Å². The largest absolute Gasteiger partial charge is 0.456 e. The SMILES string of the molecule is c1cc(-c2ccc3cc(N(c4cccc5ccccc45)c4cc5ccccc5c5ccccc45)ccc3c2)cc(-c2cc3ccccc3o2)c1. The van der Waals surface area contributed by atoms with E-state index < -0.39 is 0 Å². The first-order valence-corrected chi connectivity index (χ1v) is 17.1. The van der Waals surface area contributed by atoms with Crippen LogP contribution in [0.15, 0.2) is 192 Å². The van der Waals surface area contributed by atoms with Crippen LogP contribution in [-0.2, 0) is 0 Å². The fourth-order valence-electron chi connectivity index (χ4n) is 7.56. The van der Waals surface area contributed by atoms with E-state index in [0.29, 0.717) is 0 Å². The lowest BCUT2D eigenvalue weighted by atomic mass is 9.97. The molecule has 0 aliphatic rings. The standard InChI is InChI=1S/C48H31NO/c1-5-18-42-32(11-1)14-10-21-45(42)49(46-30-37-12-2-4-17-41(37)43-19-6-7-20-44(43)46)40-26-25-35-27-34(23-24-36(35)29-40)33-15-9-16-38(28-33)48-31-39-13-3-8-22-47(39)50-48/h1-31H. The first-order valence-electron chi connectivity index (χ1n) is 17.1. The van der Waals surface area contributed by atoms with Gasteiger partial charge >= 0.3 is 0 Å². The van der Waals surface area contributed by atoms with Crippen LogP contribution < -0.4 is 4.90 Å². The summed E-state index contributed by atoms with van der Waals surface area (Å²) in [4.78, 5) is 2.45. The lowest BCUT2D eigenvalue weighted by molar-refractivity contribution is 0.631. The van der Waals surface area contributed by atoms with Crippen LogP contribution in [0.4, 0.5) is 17.1 Å². The lowest BCUT2D eigenvalue weighted by Crippen LogP contribution is -2.11. The van der Waals surface area contributed by atoms with Gasteiger partial charge in [0, 0.05) is 27.4 Å². The third-order valence-corrected chi connectivity index (χ3v) is 9.98. The second kappa shape index (κ2) is 11.5. The van der Waals surface area contributed by atoms with Gasteiger partial charge in [0.05, 0.1) is 11.4 Å². The van der Waals surface area contributed by atoms with Gasteiger partial charge in [0.2, 0.25) is 0 Å². The van der Waals surface area contributed by atoms with Gasteiger partial charge < -0.3 is 9.32 Å². The van der Waals surface area contributed by atoms with Crippen LogP contribution in [0.5, 0.6) is 0 Å². The number of benzene rings is 9. The fourth-order valence-corrected chi connectivity index (χ4v) is 7.56. The summed E-state index contributed by atoms with van der Waals surface area (Å²) in [6.45, 7) is 0. The van der Waals surface area contributed by atoms with Crippen molar-refractivity contribution in [3.8, 4) is 22.5 Å². The lowest BCUT2D eigenvalue weighted by Gasteiger charge is -2.29. The van der Waals surface area contributed by atoms with Gasteiger partial charge in [-0.1, -0.05) is 140 Å². The van der Waals surface area contributed by atoms with Crippen LogP contribution in [0, 0.1) is 0 Å². The second-order valence-electron chi connectivity index (χ2n) is 13.0. The number of hydrogen-bond acceptors (Lipinski definition) is 2. The smallest absolute Gasteiger partial charge is 0.135 e. The number of fused-ring (bicyclic) bond motifs is 6. The predicted molar refractivity (Wildman–Crippen MR) is 212 cm³/mol. The van der Waals surface area contributed by atoms with Crippen molar-refractivity contribution in [1.29, 1.82) is 0 Å². The molecular formula is C48H31NO. The molecule has 0 unspecified atom stereocenters. The van der Waals surface area contributed by atoms with E-state index >= 15 is 0 Å². The predicted octanol–water partition coefficient (Wildman–Crippen LogP) is 13.8. The number of rotatable bonds is 5. The van der Waals surface area contributed by atoms with E-state index in [9.17, 15) is 0 Å². The number of hydrogen-bond donors (Lipinski definition) is 0. The maximum atomic E-state index is 6.20. The molecule has 0 N–H and O–H groups in total. The number of anilines is 3. The Labute approximate surface area is 290 Å². The molecule has 0 bridgehead atoms. The minimum Gasteiger partial charge on any atom is -0.456 e. The summed E-state index contributed by atoms with van der Waals surface area (Å²) in [6, 6.07) is 67.7. The monoisotopic (exact) mass is 637 g/mol. The maximum Gasteiger partial charge on any atom is 0.135 e. The van der Waals surface area contributed by atoms with Crippen LogP contribution in [0.2, 0.25) is 0 Å². The van der Waals surface area contributed by atoms with Crippen LogP contribution in [0.3, 0.4) is 0 Å². The number of para-hydroxylation sites is 1. The molecule has 0 fully saturated rings. The van der Waals surface area contributed by atoms with Crippen molar-refractivity contribution in [3.05, 3.63) is 188 Å². The second-order valence-corrected chi connectivity index (χ2v) is 13.0.